The molecule has 1 heterocycles. The first kappa shape index (κ1) is 12.7. The Labute approximate surface area is 117 Å². The number of anilines is 1. The molecule has 1 aromatic heterocycles. The average Bonchev–Trinajstić information content (AvgIpc) is 2.49. The number of ether oxygens (including phenoxy) is 2. The van der Waals surface area contributed by atoms with Gasteiger partial charge in [-0.15, -0.1) is 0 Å². The molecule has 20 heavy (non-hydrogen) atoms. The fourth-order valence-corrected chi connectivity index (χ4v) is 2.43. The lowest BCUT2D eigenvalue weighted by Gasteiger charge is -2.17. The molecule has 104 valence electrons. The van der Waals surface area contributed by atoms with Crippen molar-refractivity contribution in [1.29, 1.82) is 0 Å². The normalized spacial score (nSPS) is 13.7. The Hall–Kier alpha value is -2.30. The Morgan fingerprint density at radius 3 is 2.80 bits per heavy atom. The van der Waals surface area contributed by atoms with E-state index in [9.17, 15) is 0 Å². The van der Waals surface area contributed by atoms with E-state index in [2.05, 4.69) is 9.97 Å². The van der Waals surface area contributed by atoms with Crippen molar-refractivity contribution in [2.75, 3.05) is 12.8 Å². The number of nitrogens with zero attached hydrogens (tertiary/aromatic N) is 2. The standard InChI is InChI=1S/C15H17N3O2/c1-19-10-6-7-14(12(16)8-10)20-15-11-4-2-3-5-13(11)17-9-18-15/h6-9H,2-5,16H2,1H3. The Kier molecular flexibility index (Phi) is 3.41. The Balaban J connectivity index is 1.92. The second kappa shape index (κ2) is 5.36. The highest BCUT2D eigenvalue weighted by atomic mass is 16.5. The first-order chi connectivity index (χ1) is 9.78. The summed E-state index contributed by atoms with van der Waals surface area (Å²) in [5.74, 6) is 1.92. The van der Waals surface area contributed by atoms with Gasteiger partial charge < -0.3 is 15.2 Å². The zero-order valence-corrected chi connectivity index (χ0v) is 11.4. The second-order valence-electron chi connectivity index (χ2n) is 4.82. The number of nitrogen functional groups attached to an aromatic ring is 1. The molecule has 0 fully saturated rings. The maximum atomic E-state index is 5.97. The number of aromatic nitrogens is 2. The van der Waals surface area contributed by atoms with Crippen LogP contribution >= 0.6 is 0 Å². The van der Waals surface area contributed by atoms with Crippen molar-refractivity contribution in [2.45, 2.75) is 25.7 Å². The van der Waals surface area contributed by atoms with Crippen molar-refractivity contribution in [2.24, 2.45) is 0 Å². The van der Waals surface area contributed by atoms with Crippen LogP contribution in [-0.4, -0.2) is 17.1 Å². The number of nitrogens with two attached hydrogens (primary N) is 1. The molecule has 1 aromatic carbocycles. The number of hydrogen-bond acceptors (Lipinski definition) is 5. The number of rotatable bonds is 3. The molecule has 5 nitrogen and oxygen atoms in total. The predicted molar refractivity (Wildman–Crippen MR) is 76.2 cm³/mol. The molecule has 0 amide bonds. The quantitative estimate of drug-likeness (QED) is 0.869. The summed E-state index contributed by atoms with van der Waals surface area (Å²) in [6, 6.07) is 5.35. The summed E-state index contributed by atoms with van der Waals surface area (Å²) in [6.07, 6.45) is 5.83. The molecule has 3 rings (SSSR count). The van der Waals surface area contributed by atoms with Gasteiger partial charge in [0.2, 0.25) is 5.88 Å². The summed E-state index contributed by atoms with van der Waals surface area (Å²) in [4.78, 5) is 8.58. The molecule has 0 atom stereocenters. The molecule has 0 aliphatic heterocycles. The third-order valence-electron chi connectivity index (χ3n) is 3.51. The first-order valence-corrected chi connectivity index (χ1v) is 6.72. The number of hydrogen-bond donors (Lipinski definition) is 1. The van der Waals surface area contributed by atoms with Gasteiger partial charge in [-0.1, -0.05) is 0 Å². The highest BCUT2D eigenvalue weighted by molar-refractivity contribution is 5.57. The maximum absolute atomic E-state index is 5.97. The van der Waals surface area contributed by atoms with E-state index >= 15 is 0 Å². The van der Waals surface area contributed by atoms with Crippen LogP contribution in [0.4, 0.5) is 5.69 Å². The lowest BCUT2D eigenvalue weighted by Crippen LogP contribution is -2.08. The minimum Gasteiger partial charge on any atom is -0.497 e. The number of benzene rings is 1. The van der Waals surface area contributed by atoms with Gasteiger partial charge in [0.05, 0.1) is 18.5 Å². The van der Waals surface area contributed by atoms with Gasteiger partial charge in [-0.2, -0.15) is 0 Å². The van der Waals surface area contributed by atoms with Crippen LogP contribution in [0.3, 0.4) is 0 Å². The fraction of sp³-hybridized carbons (Fsp3) is 0.333. The molecule has 5 heteroatoms. The van der Waals surface area contributed by atoms with Crippen molar-refractivity contribution in [3.8, 4) is 17.4 Å². The topological polar surface area (TPSA) is 70.3 Å². The van der Waals surface area contributed by atoms with Crippen LogP contribution in [-0.2, 0) is 12.8 Å². The molecule has 0 bridgehead atoms. The molecular weight excluding hydrogens is 254 g/mol. The zero-order valence-electron chi connectivity index (χ0n) is 11.4. The van der Waals surface area contributed by atoms with Gasteiger partial charge in [0.15, 0.2) is 5.75 Å². The van der Waals surface area contributed by atoms with E-state index in [1.165, 1.54) is 6.42 Å². The van der Waals surface area contributed by atoms with Gasteiger partial charge in [-0.05, 0) is 37.8 Å². The zero-order chi connectivity index (χ0) is 13.9. The van der Waals surface area contributed by atoms with E-state index in [0.29, 0.717) is 23.1 Å². The molecule has 2 N–H and O–H groups in total. The van der Waals surface area contributed by atoms with Gasteiger partial charge in [0.1, 0.15) is 12.1 Å². The monoisotopic (exact) mass is 271 g/mol. The van der Waals surface area contributed by atoms with Crippen LogP contribution in [0, 0.1) is 0 Å². The molecule has 0 radical (unpaired) electrons. The minimum absolute atomic E-state index is 0.535. The van der Waals surface area contributed by atoms with Crippen LogP contribution in [0.15, 0.2) is 24.5 Å². The van der Waals surface area contributed by atoms with E-state index in [4.69, 9.17) is 15.2 Å². The van der Waals surface area contributed by atoms with Crippen molar-refractivity contribution >= 4 is 5.69 Å². The van der Waals surface area contributed by atoms with E-state index in [1.54, 1.807) is 25.6 Å². The summed E-state index contributed by atoms with van der Waals surface area (Å²) < 4.78 is 11.0. The molecule has 1 aliphatic carbocycles. The lowest BCUT2D eigenvalue weighted by molar-refractivity contribution is 0.412. The van der Waals surface area contributed by atoms with Crippen molar-refractivity contribution in [1.82, 2.24) is 9.97 Å². The maximum Gasteiger partial charge on any atom is 0.225 e. The SMILES string of the molecule is COc1ccc(Oc2ncnc3c2CCCC3)c(N)c1. The fourth-order valence-electron chi connectivity index (χ4n) is 2.43. The summed E-state index contributed by atoms with van der Waals surface area (Å²) in [5.41, 5.74) is 8.70. The molecule has 0 saturated carbocycles. The molecule has 0 spiro atoms. The highest BCUT2D eigenvalue weighted by Gasteiger charge is 2.17. The van der Waals surface area contributed by atoms with Gasteiger partial charge in [-0.25, -0.2) is 9.97 Å². The van der Waals surface area contributed by atoms with Gasteiger partial charge in [0, 0.05) is 11.6 Å². The highest BCUT2D eigenvalue weighted by Crippen LogP contribution is 2.33. The van der Waals surface area contributed by atoms with Gasteiger partial charge in [-0.3, -0.25) is 0 Å². The molecular formula is C15H17N3O2. The second-order valence-corrected chi connectivity index (χ2v) is 4.82. The number of methoxy groups -OCH3 is 1. The van der Waals surface area contributed by atoms with Crippen LogP contribution < -0.4 is 15.2 Å². The number of aryl methyl sites for hydroxylation is 1. The van der Waals surface area contributed by atoms with Crippen molar-refractivity contribution < 1.29 is 9.47 Å². The van der Waals surface area contributed by atoms with E-state index in [1.807, 2.05) is 6.07 Å². The minimum atomic E-state index is 0.535. The summed E-state index contributed by atoms with van der Waals surface area (Å²) in [5, 5.41) is 0. The third kappa shape index (κ3) is 2.39. The summed E-state index contributed by atoms with van der Waals surface area (Å²) in [7, 11) is 1.61. The lowest BCUT2D eigenvalue weighted by atomic mass is 9.97. The summed E-state index contributed by atoms with van der Waals surface area (Å²) >= 11 is 0. The average molecular weight is 271 g/mol. The molecule has 0 saturated heterocycles. The third-order valence-corrected chi connectivity index (χ3v) is 3.51. The molecule has 1 aliphatic rings. The number of fused-ring (bicyclic) bond motifs is 1. The smallest absolute Gasteiger partial charge is 0.225 e. The van der Waals surface area contributed by atoms with Crippen molar-refractivity contribution in [3.63, 3.8) is 0 Å². The largest absolute Gasteiger partial charge is 0.497 e. The van der Waals surface area contributed by atoms with Crippen molar-refractivity contribution in [3.05, 3.63) is 35.8 Å². The van der Waals surface area contributed by atoms with Gasteiger partial charge >= 0.3 is 0 Å². The van der Waals surface area contributed by atoms with Gasteiger partial charge in [0.25, 0.3) is 0 Å². The van der Waals surface area contributed by atoms with Crippen LogP contribution in [0.2, 0.25) is 0 Å². The summed E-state index contributed by atoms with van der Waals surface area (Å²) in [6.45, 7) is 0. The first-order valence-electron chi connectivity index (χ1n) is 6.72. The predicted octanol–water partition coefficient (Wildman–Crippen LogP) is 2.74. The Bertz CT molecular complexity index is 629. The Morgan fingerprint density at radius 1 is 1.15 bits per heavy atom. The van der Waals surface area contributed by atoms with E-state index in [0.717, 1.165) is 30.5 Å². The molecule has 2 aromatic rings. The van der Waals surface area contributed by atoms with Crippen LogP contribution in [0.25, 0.3) is 0 Å². The van der Waals surface area contributed by atoms with Crippen LogP contribution in [0.5, 0.6) is 17.4 Å². The van der Waals surface area contributed by atoms with E-state index in [-0.39, 0.29) is 0 Å². The molecule has 0 unspecified atom stereocenters. The Morgan fingerprint density at radius 2 is 2.00 bits per heavy atom. The van der Waals surface area contributed by atoms with E-state index < -0.39 is 0 Å². The van der Waals surface area contributed by atoms with Crippen LogP contribution in [0.1, 0.15) is 24.1 Å².